The normalized spacial score (nSPS) is 15.7. The molecule has 1 aromatic carbocycles. The highest BCUT2D eigenvalue weighted by atomic mass is 32.1. The zero-order chi connectivity index (χ0) is 19.3. The van der Waals surface area contributed by atoms with Crippen molar-refractivity contribution in [2.24, 2.45) is 0 Å². The Morgan fingerprint density at radius 2 is 2.07 bits per heavy atom. The zero-order valence-electron chi connectivity index (χ0n) is 15.9. The molecule has 0 N–H and O–H groups in total. The Morgan fingerprint density at radius 1 is 1.25 bits per heavy atom. The van der Waals surface area contributed by atoms with E-state index in [4.69, 9.17) is 19.2 Å². The minimum absolute atomic E-state index is 0.191. The van der Waals surface area contributed by atoms with Crippen molar-refractivity contribution in [3.63, 3.8) is 0 Å². The first-order valence-electron chi connectivity index (χ1n) is 9.08. The molecule has 5 rings (SSSR count). The van der Waals surface area contributed by atoms with Gasteiger partial charge in [0.05, 0.1) is 24.7 Å². The van der Waals surface area contributed by atoms with Gasteiger partial charge in [-0.25, -0.2) is 14.5 Å². The van der Waals surface area contributed by atoms with Crippen molar-refractivity contribution in [2.75, 3.05) is 7.11 Å². The van der Waals surface area contributed by atoms with Gasteiger partial charge in [-0.05, 0) is 31.5 Å². The Labute approximate surface area is 165 Å². The quantitative estimate of drug-likeness (QED) is 0.523. The molecule has 0 aliphatic carbocycles. The lowest BCUT2D eigenvalue weighted by molar-refractivity contribution is -0.0379. The maximum Gasteiger partial charge on any atom is 0.189 e. The maximum absolute atomic E-state index is 5.96. The standard InChI is InChI=1S/C20H20N4O3S/c1-20(2)8-12-15(9-27-20)28-19-17(12)18-22-16(23-24(18)11-21-19)10-26-14-7-5-4-6-13(14)25-3/h4-7,11H,8-10H2,1-3H3. The van der Waals surface area contributed by atoms with Gasteiger partial charge in [0.2, 0.25) is 0 Å². The predicted molar refractivity (Wildman–Crippen MR) is 106 cm³/mol. The van der Waals surface area contributed by atoms with E-state index >= 15 is 0 Å². The summed E-state index contributed by atoms with van der Waals surface area (Å²) in [5, 5.41) is 5.63. The van der Waals surface area contributed by atoms with Crippen LogP contribution in [0.5, 0.6) is 11.5 Å². The van der Waals surface area contributed by atoms with Gasteiger partial charge in [-0.15, -0.1) is 16.4 Å². The molecule has 0 radical (unpaired) electrons. The third kappa shape index (κ3) is 2.89. The second-order valence-corrected chi connectivity index (χ2v) is 8.47. The van der Waals surface area contributed by atoms with Crippen molar-refractivity contribution in [3.05, 3.63) is 46.9 Å². The molecule has 0 atom stereocenters. The Morgan fingerprint density at radius 3 is 2.89 bits per heavy atom. The lowest BCUT2D eigenvalue weighted by atomic mass is 9.94. The van der Waals surface area contributed by atoms with Crippen LogP contribution in [0.3, 0.4) is 0 Å². The Balaban J connectivity index is 1.52. The third-order valence-corrected chi connectivity index (χ3v) is 5.99. The summed E-state index contributed by atoms with van der Waals surface area (Å²) in [5.74, 6) is 1.95. The van der Waals surface area contributed by atoms with Crippen LogP contribution in [0.2, 0.25) is 0 Å². The van der Waals surface area contributed by atoms with E-state index in [2.05, 4.69) is 23.9 Å². The smallest absolute Gasteiger partial charge is 0.189 e. The van der Waals surface area contributed by atoms with Gasteiger partial charge < -0.3 is 14.2 Å². The Hall–Kier alpha value is -2.71. The van der Waals surface area contributed by atoms with Gasteiger partial charge in [0, 0.05) is 11.3 Å². The predicted octanol–water partition coefficient (Wildman–Crippen LogP) is 3.78. The molecular formula is C20H20N4O3S. The zero-order valence-corrected chi connectivity index (χ0v) is 16.7. The van der Waals surface area contributed by atoms with E-state index in [1.807, 2.05) is 24.3 Å². The number of hydrogen-bond acceptors (Lipinski definition) is 7. The Kier molecular flexibility index (Phi) is 3.99. The van der Waals surface area contributed by atoms with Gasteiger partial charge >= 0.3 is 0 Å². The van der Waals surface area contributed by atoms with E-state index in [0.29, 0.717) is 23.9 Å². The summed E-state index contributed by atoms with van der Waals surface area (Å²) in [7, 11) is 1.62. The first-order chi connectivity index (χ1) is 13.5. The number of aromatic nitrogens is 4. The van der Waals surface area contributed by atoms with Crippen molar-refractivity contribution in [1.29, 1.82) is 0 Å². The number of fused-ring (bicyclic) bond motifs is 5. The SMILES string of the molecule is COc1ccccc1OCc1nc2c3c4c(sc3ncn2n1)COC(C)(C)C4. The van der Waals surface area contributed by atoms with Gasteiger partial charge in [-0.1, -0.05) is 12.1 Å². The molecule has 0 saturated carbocycles. The lowest BCUT2D eigenvalue weighted by Gasteiger charge is -2.30. The van der Waals surface area contributed by atoms with Crippen molar-refractivity contribution in [2.45, 2.75) is 39.1 Å². The van der Waals surface area contributed by atoms with Gasteiger partial charge in [-0.3, -0.25) is 0 Å². The molecule has 1 aliphatic rings. The molecule has 7 nitrogen and oxygen atoms in total. The fraction of sp³-hybridized carbons (Fsp3) is 0.350. The van der Waals surface area contributed by atoms with E-state index in [-0.39, 0.29) is 12.2 Å². The summed E-state index contributed by atoms with van der Waals surface area (Å²) in [5.41, 5.74) is 1.90. The largest absolute Gasteiger partial charge is 0.493 e. The van der Waals surface area contributed by atoms with Gasteiger partial charge in [0.1, 0.15) is 17.8 Å². The van der Waals surface area contributed by atoms with E-state index in [1.165, 1.54) is 10.4 Å². The summed E-state index contributed by atoms with van der Waals surface area (Å²) in [6.07, 6.45) is 2.55. The maximum atomic E-state index is 5.96. The van der Waals surface area contributed by atoms with E-state index < -0.39 is 0 Å². The summed E-state index contributed by atoms with van der Waals surface area (Å²) in [6, 6.07) is 7.54. The summed E-state index contributed by atoms with van der Waals surface area (Å²) in [4.78, 5) is 11.5. The van der Waals surface area contributed by atoms with Crippen LogP contribution < -0.4 is 9.47 Å². The van der Waals surface area contributed by atoms with Crippen LogP contribution in [0.4, 0.5) is 0 Å². The van der Waals surface area contributed by atoms with Gasteiger partial charge in [0.25, 0.3) is 0 Å². The molecule has 4 heterocycles. The lowest BCUT2D eigenvalue weighted by Crippen LogP contribution is -2.31. The highest BCUT2D eigenvalue weighted by Crippen LogP contribution is 2.39. The molecule has 28 heavy (non-hydrogen) atoms. The molecule has 4 aromatic rings. The van der Waals surface area contributed by atoms with Crippen molar-refractivity contribution in [3.8, 4) is 11.5 Å². The number of para-hydroxylation sites is 2. The van der Waals surface area contributed by atoms with E-state index in [1.54, 1.807) is 29.3 Å². The first-order valence-corrected chi connectivity index (χ1v) is 9.90. The fourth-order valence-electron chi connectivity index (χ4n) is 3.53. The first kappa shape index (κ1) is 17.4. The van der Waals surface area contributed by atoms with Crippen LogP contribution in [0.1, 0.15) is 30.1 Å². The summed E-state index contributed by atoms with van der Waals surface area (Å²) in [6.45, 7) is 5.10. The number of thiophene rings is 1. The minimum atomic E-state index is -0.191. The molecule has 1 aliphatic heterocycles. The van der Waals surface area contributed by atoms with Crippen molar-refractivity contribution >= 4 is 27.2 Å². The number of hydrogen-bond donors (Lipinski definition) is 0. The highest BCUT2D eigenvalue weighted by molar-refractivity contribution is 7.19. The van der Waals surface area contributed by atoms with Crippen LogP contribution in [0, 0.1) is 0 Å². The molecule has 0 bridgehead atoms. The number of ether oxygens (including phenoxy) is 3. The molecule has 0 unspecified atom stereocenters. The van der Waals surface area contributed by atoms with E-state index in [9.17, 15) is 0 Å². The van der Waals surface area contributed by atoms with Crippen molar-refractivity contribution < 1.29 is 14.2 Å². The fourth-order valence-corrected chi connectivity index (χ4v) is 4.59. The Bertz CT molecular complexity index is 1180. The number of methoxy groups -OCH3 is 1. The van der Waals surface area contributed by atoms with Gasteiger partial charge in [-0.2, -0.15) is 0 Å². The van der Waals surface area contributed by atoms with Crippen LogP contribution in [-0.4, -0.2) is 32.3 Å². The van der Waals surface area contributed by atoms with Crippen LogP contribution in [-0.2, 0) is 24.4 Å². The van der Waals surface area contributed by atoms with Gasteiger partial charge in [0.15, 0.2) is 23.0 Å². The molecule has 144 valence electrons. The highest BCUT2D eigenvalue weighted by Gasteiger charge is 2.30. The van der Waals surface area contributed by atoms with Crippen molar-refractivity contribution in [1.82, 2.24) is 19.6 Å². The molecule has 0 spiro atoms. The summed E-state index contributed by atoms with van der Waals surface area (Å²) < 4.78 is 18.9. The summed E-state index contributed by atoms with van der Waals surface area (Å²) >= 11 is 1.67. The average molecular weight is 396 g/mol. The second-order valence-electron chi connectivity index (χ2n) is 7.39. The van der Waals surface area contributed by atoms with Crippen LogP contribution in [0.15, 0.2) is 30.6 Å². The topological polar surface area (TPSA) is 70.8 Å². The van der Waals surface area contributed by atoms with Crippen LogP contribution >= 0.6 is 11.3 Å². The molecular weight excluding hydrogens is 376 g/mol. The number of benzene rings is 1. The monoisotopic (exact) mass is 396 g/mol. The second kappa shape index (κ2) is 6.42. The van der Waals surface area contributed by atoms with Crippen LogP contribution in [0.25, 0.3) is 15.9 Å². The minimum Gasteiger partial charge on any atom is -0.493 e. The number of rotatable bonds is 4. The molecule has 8 heteroatoms. The van der Waals surface area contributed by atoms with E-state index in [0.717, 1.165) is 22.3 Å². The number of nitrogens with zero attached hydrogens (tertiary/aromatic N) is 4. The molecule has 0 saturated heterocycles. The molecule has 0 fully saturated rings. The third-order valence-electron chi connectivity index (χ3n) is 4.88. The molecule has 0 amide bonds. The average Bonchev–Trinajstić information content (AvgIpc) is 3.26. The molecule has 3 aromatic heterocycles.